The van der Waals surface area contributed by atoms with Crippen molar-refractivity contribution < 1.29 is 18.1 Å². The van der Waals surface area contributed by atoms with E-state index in [9.17, 15) is 23.3 Å². The van der Waals surface area contributed by atoms with Crippen LogP contribution in [0, 0.1) is 23.0 Å². The van der Waals surface area contributed by atoms with Crippen LogP contribution in [0.3, 0.4) is 0 Å². The number of aryl methyl sites for hydroxylation is 1. The molecule has 0 bridgehead atoms. The van der Waals surface area contributed by atoms with Gasteiger partial charge in [-0.25, -0.2) is 8.42 Å². The fraction of sp³-hybridized carbons (Fsp3) is 0.381. The number of amides is 1. The molecule has 0 unspecified atom stereocenters. The second-order valence-corrected chi connectivity index (χ2v) is 9.90. The maximum atomic E-state index is 13.0. The van der Waals surface area contributed by atoms with Gasteiger partial charge in [-0.2, -0.15) is 4.31 Å². The molecule has 31 heavy (non-hydrogen) atoms. The number of piperidine rings is 1. The smallest absolute Gasteiger partial charge is 0.270 e. The lowest BCUT2D eigenvalue weighted by Gasteiger charge is -2.30. The van der Waals surface area contributed by atoms with Crippen LogP contribution in [0.2, 0.25) is 5.02 Å². The third-order valence-electron chi connectivity index (χ3n) is 5.45. The van der Waals surface area contributed by atoms with E-state index in [1.165, 1.54) is 16.4 Å². The average Bonchev–Trinajstić information content (AvgIpc) is 2.75. The van der Waals surface area contributed by atoms with Gasteiger partial charge in [0.1, 0.15) is 0 Å². The maximum absolute atomic E-state index is 13.0. The molecule has 1 saturated heterocycles. The number of nitrogens with one attached hydrogen (secondary N) is 1. The van der Waals surface area contributed by atoms with Gasteiger partial charge in [0.15, 0.2) is 0 Å². The highest BCUT2D eigenvalue weighted by atomic mass is 35.5. The highest BCUT2D eigenvalue weighted by Gasteiger charge is 2.33. The molecule has 0 aliphatic carbocycles. The van der Waals surface area contributed by atoms with Crippen molar-refractivity contribution >= 4 is 33.2 Å². The van der Waals surface area contributed by atoms with E-state index in [1.54, 1.807) is 19.1 Å². The molecular weight excluding hydrogens is 442 g/mol. The van der Waals surface area contributed by atoms with Crippen LogP contribution >= 0.6 is 11.6 Å². The lowest BCUT2D eigenvalue weighted by Crippen LogP contribution is -2.43. The minimum absolute atomic E-state index is 0.0624. The van der Waals surface area contributed by atoms with Gasteiger partial charge in [-0.1, -0.05) is 29.8 Å². The first-order valence-corrected chi connectivity index (χ1v) is 11.8. The van der Waals surface area contributed by atoms with Crippen molar-refractivity contribution in [3.63, 3.8) is 0 Å². The van der Waals surface area contributed by atoms with Crippen molar-refractivity contribution in [2.75, 3.05) is 19.6 Å². The average molecular weight is 466 g/mol. The fourth-order valence-electron chi connectivity index (χ4n) is 3.60. The molecule has 2 aromatic rings. The molecule has 0 aromatic heterocycles. The predicted octanol–water partition coefficient (Wildman–Crippen LogP) is 3.32. The molecule has 0 saturated carbocycles. The van der Waals surface area contributed by atoms with E-state index < -0.39 is 14.9 Å². The molecule has 2 aromatic carbocycles. The van der Waals surface area contributed by atoms with Gasteiger partial charge in [-0.3, -0.25) is 14.9 Å². The summed E-state index contributed by atoms with van der Waals surface area (Å²) in [6.45, 7) is 2.49. The summed E-state index contributed by atoms with van der Waals surface area (Å²) in [5.74, 6) is -0.347. The van der Waals surface area contributed by atoms with Gasteiger partial charge in [-0.15, -0.1) is 0 Å². The Bertz CT molecular complexity index is 1060. The van der Waals surface area contributed by atoms with Crippen molar-refractivity contribution in [3.8, 4) is 0 Å². The number of carbonyl (C=O) groups excluding carboxylic acids is 1. The van der Waals surface area contributed by atoms with Gasteiger partial charge in [0.25, 0.3) is 5.69 Å². The molecule has 1 N–H and O–H groups in total. The number of rotatable bonds is 7. The van der Waals surface area contributed by atoms with Crippen molar-refractivity contribution in [3.05, 3.63) is 68.7 Å². The van der Waals surface area contributed by atoms with Crippen LogP contribution in [0.4, 0.5) is 5.69 Å². The number of non-ortho nitro benzene ring substituents is 1. The number of halogens is 1. The first-order valence-electron chi connectivity index (χ1n) is 9.96. The molecule has 8 nitrogen and oxygen atoms in total. The Morgan fingerprint density at radius 2 is 1.84 bits per heavy atom. The third kappa shape index (κ3) is 5.61. The summed E-state index contributed by atoms with van der Waals surface area (Å²) in [6.07, 6.45) is 1.49. The van der Waals surface area contributed by atoms with Crippen LogP contribution in [0.25, 0.3) is 0 Å². The number of sulfonamides is 1. The number of carbonyl (C=O) groups is 1. The fourth-order valence-corrected chi connectivity index (χ4v) is 5.44. The Kier molecular flexibility index (Phi) is 7.30. The van der Waals surface area contributed by atoms with Crippen LogP contribution < -0.4 is 5.32 Å². The minimum atomic E-state index is -3.87. The molecule has 1 aliphatic rings. The summed E-state index contributed by atoms with van der Waals surface area (Å²) in [7, 11) is -3.87. The van der Waals surface area contributed by atoms with Crippen molar-refractivity contribution in [1.82, 2.24) is 9.62 Å². The SMILES string of the molecule is Cc1ccc([N+](=O)[O-])cc1S(=O)(=O)N1CCC(C(=O)NCCc2ccc(Cl)cc2)CC1. The summed E-state index contributed by atoms with van der Waals surface area (Å²) in [6, 6.07) is 11.2. The summed E-state index contributed by atoms with van der Waals surface area (Å²) >= 11 is 5.86. The van der Waals surface area contributed by atoms with Gasteiger partial charge < -0.3 is 5.32 Å². The second kappa shape index (κ2) is 9.76. The van der Waals surface area contributed by atoms with Gasteiger partial charge in [0, 0.05) is 42.7 Å². The quantitative estimate of drug-likeness (QED) is 0.498. The van der Waals surface area contributed by atoms with Crippen LogP contribution in [-0.4, -0.2) is 43.2 Å². The van der Waals surface area contributed by atoms with E-state index in [2.05, 4.69) is 5.32 Å². The van der Waals surface area contributed by atoms with E-state index >= 15 is 0 Å². The predicted molar refractivity (Wildman–Crippen MR) is 117 cm³/mol. The summed E-state index contributed by atoms with van der Waals surface area (Å²) in [5, 5.41) is 14.6. The highest BCUT2D eigenvalue weighted by molar-refractivity contribution is 7.89. The molecule has 0 spiro atoms. The van der Waals surface area contributed by atoms with Crippen LogP contribution in [0.1, 0.15) is 24.0 Å². The van der Waals surface area contributed by atoms with E-state index in [0.717, 1.165) is 11.6 Å². The topological polar surface area (TPSA) is 110 Å². The number of nitro benzene ring substituents is 1. The Morgan fingerprint density at radius 1 is 1.19 bits per heavy atom. The number of benzene rings is 2. The lowest BCUT2D eigenvalue weighted by molar-refractivity contribution is -0.385. The number of nitrogens with zero attached hydrogens (tertiary/aromatic N) is 2. The van der Waals surface area contributed by atoms with Gasteiger partial charge in [-0.05, 0) is 49.4 Å². The molecule has 1 amide bonds. The molecule has 3 rings (SSSR count). The van der Waals surface area contributed by atoms with Crippen LogP contribution in [0.5, 0.6) is 0 Å². The standard InChI is InChI=1S/C21H24ClN3O5S/c1-15-2-7-19(25(27)28)14-20(15)31(29,30)24-12-9-17(10-13-24)21(26)23-11-8-16-3-5-18(22)6-4-16/h2-7,14,17H,8-13H2,1H3,(H,23,26). The van der Waals surface area contributed by atoms with Crippen LogP contribution in [-0.2, 0) is 21.2 Å². The van der Waals surface area contributed by atoms with E-state index in [1.807, 2.05) is 12.1 Å². The number of hydrogen-bond donors (Lipinski definition) is 1. The Hall–Kier alpha value is -2.49. The van der Waals surface area contributed by atoms with E-state index in [0.29, 0.717) is 36.4 Å². The molecular formula is C21H24ClN3O5S. The maximum Gasteiger partial charge on any atom is 0.270 e. The van der Waals surface area contributed by atoms with Crippen molar-refractivity contribution in [2.45, 2.75) is 31.1 Å². The molecule has 0 atom stereocenters. The molecule has 166 valence electrons. The highest BCUT2D eigenvalue weighted by Crippen LogP contribution is 2.28. The van der Waals surface area contributed by atoms with Crippen molar-refractivity contribution in [1.29, 1.82) is 0 Å². The first-order chi connectivity index (χ1) is 14.7. The summed E-state index contributed by atoms with van der Waals surface area (Å²) in [4.78, 5) is 22.8. The van der Waals surface area contributed by atoms with Crippen molar-refractivity contribution in [2.24, 2.45) is 5.92 Å². The second-order valence-electron chi connectivity index (χ2n) is 7.55. The number of nitro groups is 1. The van der Waals surface area contributed by atoms with Gasteiger partial charge >= 0.3 is 0 Å². The zero-order valence-electron chi connectivity index (χ0n) is 17.1. The monoisotopic (exact) mass is 465 g/mol. The minimum Gasteiger partial charge on any atom is -0.356 e. The molecule has 1 aliphatic heterocycles. The lowest BCUT2D eigenvalue weighted by atomic mass is 9.97. The summed E-state index contributed by atoms with van der Waals surface area (Å²) < 4.78 is 27.3. The van der Waals surface area contributed by atoms with Gasteiger partial charge in [0.05, 0.1) is 9.82 Å². The Labute approximate surface area is 186 Å². The first kappa shape index (κ1) is 23.2. The van der Waals surface area contributed by atoms with Crippen LogP contribution in [0.15, 0.2) is 47.4 Å². The molecule has 1 fully saturated rings. The Balaban J connectivity index is 1.56. The normalized spacial score (nSPS) is 15.5. The zero-order valence-corrected chi connectivity index (χ0v) is 18.7. The van der Waals surface area contributed by atoms with Gasteiger partial charge in [0.2, 0.25) is 15.9 Å². The summed E-state index contributed by atoms with van der Waals surface area (Å²) in [5.41, 5.74) is 1.25. The molecule has 0 radical (unpaired) electrons. The largest absolute Gasteiger partial charge is 0.356 e. The van der Waals surface area contributed by atoms with E-state index in [4.69, 9.17) is 11.6 Å². The third-order valence-corrected chi connectivity index (χ3v) is 7.74. The molecule has 1 heterocycles. The molecule has 10 heteroatoms. The zero-order chi connectivity index (χ0) is 22.6. The number of hydrogen-bond acceptors (Lipinski definition) is 5. The Morgan fingerprint density at radius 3 is 2.45 bits per heavy atom. The van der Waals surface area contributed by atoms with E-state index in [-0.39, 0.29) is 35.5 Å².